The number of carbonyl (C=O) groups is 1. The van der Waals surface area contributed by atoms with Gasteiger partial charge in [-0.3, -0.25) is 9.48 Å². The van der Waals surface area contributed by atoms with Gasteiger partial charge in [0.15, 0.2) is 0 Å². The van der Waals surface area contributed by atoms with E-state index in [9.17, 15) is 4.79 Å². The molecule has 0 saturated heterocycles. The number of halogens is 1. The minimum atomic E-state index is 0.123. The first-order valence-electron chi connectivity index (χ1n) is 8.86. The lowest BCUT2D eigenvalue weighted by atomic mass is 10.1. The van der Waals surface area contributed by atoms with Crippen molar-refractivity contribution in [2.75, 3.05) is 6.54 Å². The van der Waals surface area contributed by atoms with Crippen molar-refractivity contribution in [1.82, 2.24) is 14.7 Å². The van der Waals surface area contributed by atoms with Gasteiger partial charge in [0.05, 0.1) is 12.1 Å². The first-order valence-corrected chi connectivity index (χ1v) is 9.24. The van der Waals surface area contributed by atoms with Crippen LogP contribution in [0.15, 0.2) is 24.3 Å². The van der Waals surface area contributed by atoms with Gasteiger partial charge in [0.2, 0.25) is 5.91 Å². The molecular formula is C20H28ClN3O. The van der Waals surface area contributed by atoms with Gasteiger partial charge in [-0.2, -0.15) is 5.10 Å². The van der Waals surface area contributed by atoms with Crippen LogP contribution in [-0.4, -0.2) is 27.1 Å². The van der Waals surface area contributed by atoms with Crippen LogP contribution in [-0.2, 0) is 24.3 Å². The molecule has 4 nitrogen and oxygen atoms in total. The summed E-state index contributed by atoms with van der Waals surface area (Å²) in [5, 5.41) is 5.31. The SMILES string of the molecule is CCN(Cc1cccc(Cl)c1)C(=O)Cc1c(C)nn(CC(C)C)c1C. The highest BCUT2D eigenvalue weighted by Gasteiger charge is 2.19. The van der Waals surface area contributed by atoms with Crippen molar-refractivity contribution < 1.29 is 4.79 Å². The molecule has 0 atom stereocenters. The van der Waals surface area contributed by atoms with Crippen LogP contribution in [0, 0.1) is 19.8 Å². The smallest absolute Gasteiger partial charge is 0.227 e. The van der Waals surface area contributed by atoms with Crippen molar-refractivity contribution in [3.8, 4) is 0 Å². The maximum absolute atomic E-state index is 12.8. The third kappa shape index (κ3) is 5.08. The van der Waals surface area contributed by atoms with Crippen molar-refractivity contribution >= 4 is 17.5 Å². The van der Waals surface area contributed by atoms with E-state index in [1.54, 1.807) is 0 Å². The summed E-state index contributed by atoms with van der Waals surface area (Å²) >= 11 is 6.05. The Kier molecular flexibility index (Phi) is 6.65. The number of aryl methyl sites for hydroxylation is 1. The lowest BCUT2D eigenvalue weighted by Crippen LogP contribution is -2.31. The number of amides is 1. The van der Waals surface area contributed by atoms with Crippen LogP contribution in [0.25, 0.3) is 0 Å². The Labute approximate surface area is 155 Å². The van der Waals surface area contributed by atoms with Crippen LogP contribution in [0.3, 0.4) is 0 Å². The number of carbonyl (C=O) groups excluding carboxylic acids is 1. The molecule has 1 heterocycles. The van der Waals surface area contributed by atoms with Gasteiger partial charge in [-0.05, 0) is 44.4 Å². The first-order chi connectivity index (χ1) is 11.8. The van der Waals surface area contributed by atoms with Crippen LogP contribution in [0.4, 0.5) is 0 Å². The van der Waals surface area contributed by atoms with Gasteiger partial charge in [0.25, 0.3) is 0 Å². The molecule has 1 aromatic carbocycles. The third-order valence-corrected chi connectivity index (χ3v) is 4.63. The van der Waals surface area contributed by atoms with Gasteiger partial charge >= 0.3 is 0 Å². The summed E-state index contributed by atoms with van der Waals surface area (Å²) < 4.78 is 2.02. The molecule has 2 aromatic rings. The number of nitrogens with zero attached hydrogens (tertiary/aromatic N) is 3. The van der Waals surface area contributed by atoms with Crippen LogP contribution in [0.1, 0.15) is 43.3 Å². The standard InChI is InChI=1S/C20H28ClN3O/c1-6-23(13-17-8-7-9-18(21)10-17)20(25)11-19-15(4)22-24(16(19)5)12-14(2)3/h7-10,14H,6,11-13H2,1-5H3. The van der Waals surface area contributed by atoms with Gasteiger partial charge in [0.1, 0.15) is 0 Å². The summed E-state index contributed by atoms with van der Waals surface area (Å²) in [6, 6.07) is 7.67. The molecule has 1 aromatic heterocycles. The molecule has 1 amide bonds. The topological polar surface area (TPSA) is 38.1 Å². The first kappa shape index (κ1) is 19.5. The molecule has 0 spiro atoms. The van der Waals surface area contributed by atoms with E-state index in [1.165, 1.54) is 0 Å². The van der Waals surface area contributed by atoms with E-state index in [0.29, 0.717) is 30.5 Å². The summed E-state index contributed by atoms with van der Waals surface area (Å²) in [7, 11) is 0. The predicted octanol–water partition coefficient (Wildman–Crippen LogP) is 4.40. The molecule has 0 aliphatic carbocycles. The lowest BCUT2D eigenvalue weighted by Gasteiger charge is -2.21. The van der Waals surface area contributed by atoms with Crippen LogP contribution in [0.2, 0.25) is 5.02 Å². The van der Waals surface area contributed by atoms with Crippen molar-refractivity contribution in [2.24, 2.45) is 5.92 Å². The fourth-order valence-electron chi connectivity index (χ4n) is 3.01. The zero-order valence-electron chi connectivity index (χ0n) is 15.8. The maximum Gasteiger partial charge on any atom is 0.227 e. The molecule has 0 N–H and O–H groups in total. The molecule has 2 rings (SSSR count). The van der Waals surface area contributed by atoms with E-state index in [-0.39, 0.29) is 5.91 Å². The highest BCUT2D eigenvalue weighted by atomic mass is 35.5. The lowest BCUT2D eigenvalue weighted by molar-refractivity contribution is -0.130. The molecule has 0 aliphatic rings. The van der Waals surface area contributed by atoms with E-state index < -0.39 is 0 Å². The predicted molar refractivity (Wildman–Crippen MR) is 103 cm³/mol. The second-order valence-electron chi connectivity index (χ2n) is 6.94. The number of likely N-dealkylation sites (N-methyl/N-ethyl adjacent to an activating group) is 1. The Balaban J connectivity index is 2.13. The fraction of sp³-hybridized carbons (Fsp3) is 0.500. The number of benzene rings is 1. The van der Waals surface area contributed by atoms with Crippen LogP contribution < -0.4 is 0 Å². The van der Waals surface area contributed by atoms with Gasteiger partial charge in [0, 0.05) is 35.9 Å². The average molecular weight is 362 g/mol. The second-order valence-corrected chi connectivity index (χ2v) is 7.38. The van der Waals surface area contributed by atoms with Crippen LogP contribution in [0.5, 0.6) is 0 Å². The van der Waals surface area contributed by atoms with Crippen molar-refractivity contribution in [3.63, 3.8) is 0 Å². The van der Waals surface area contributed by atoms with Crippen molar-refractivity contribution in [3.05, 3.63) is 51.8 Å². The Morgan fingerprint density at radius 2 is 2.04 bits per heavy atom. The quantitative estimate of drug-likeness (QED) is 0.733. The Morgan fingerprint density at radius 3 is 2.64 bits per heavy atom. The zero-order valence-corrected chi connectivity index (χ0v) is 16.6. The van der Waals surface area contributed by atoms with Crippen molar-refractivity contribution in [1.29, 1.82) is 0 Å². The number of rotatable bonds is 7. The molecule has 0 aliphatic heterocycles. The Hall–Kier alpha value is -1.81. The molecule has 0 radical (unpaired) electrons. The van der Waals surface area contributed by atoms with Crippen molar-refractivity contribution in [2.45, 2.75) is 54.1 Å². The molecule has 136 valence electrons. The van der Waals surface area contributed by atoms with Gasteiger partial charge in [-0.25, -0.2) is 0 Å². The van der Waals surface area contributed by atoms with E-state index >= 15 is 0 Å². The van der Waals surface area contributed by atoms with Gasteiger partial charge in [-0.1, -0.05) is 37.6 Å². The monoisotopic (exact) mass is 361 g/mol. The third-order valence-electron chi connectivity index (χ3n) is 4.39. The van der Waals surface area contributed by atoms with E-state index in [1.807, 2.05) is 47.7 Å². The summed E-state index contributed by atoms with van der Waals surface area (Å²) in [6.07, 6.45) is 0.393. The highest BCUT2D eigenvalue weighted by Crippen LogP contribution is 2.18. The van der Waals surface area contributed by atoms with Gasteiger partial charge in [-0.15, -0.1) is 0 Å². The summed E-state index contributed by atoms with van der Waals surface area (Å²) in [5.74, 6) is 0.647. The zero-order chi connectivity index (χ0) is 18.6. The van der Waals surface area contributed by atoms with E-state index in [0.717, 1.165) is 29.1 Å². The summed E-state index contributed by atoms with van der Waals surface area (Å²) in [5.41, 5.74) is 4.14. The molecule has 25 heavy (non-hydrogen) atoms. The summed E-state index contributed by atoms with van der Waals surface area (Å²) in [6.45, 7) is 12.5. The molecule has 0 unspecified atom stereocenters. The fourth-order valence-corrected chi connectivity index (χ4v) is 3.22. The molecule has 0 bridgehead atoms. The largest absolute Gasteiger partial charge is 0.338 e. The minimum absolute atomic E-state index is 0.123. The number of aromatic nitrogens is 2. The Morgan fingerprint density at radius 1 is 1.32 bits per heavy atom. The van der Waals surface area contributed by atoms with Crippen LogP contribution >= 0.6 is 11.6 Å². The molecular weight excluding hydrogens is 334 g/mol. The number of hydrogen-bond donors (Lipinski definition) is 0. The Bertz CT molecular complexity index is 737. The summed E-state index contributed by atoms with van der Waals surface area (Å²) in [4.78, 5) is 14.7. The van der Waals surface area contributed by atoms with E-state index in [2.05, 4.69) is 25.9 Å². The van der Waals surface area contributed by atoms with E-state index in [4.69, 9.17) is 11.6 Å². The molecule has 5 heteroatoms. The highest BCUT2D eigenvalue weighted by molar-refractivity contribution is 6.30. The second kappa shape index (κ2) is 8.52. The maximum atomic E-state index is 12.8. The number of hydrogen-bond acceptors (Lipinski definition) is 2. The normalized spacial score (nSPS) is 11.2. The average Bonchev–Trinajstić information content (AvgIpc) is 2.79. The molecule has 0 fully saturated rings. The minimum Gasteiger partial charge on any atom is -0.338 e. The van der Waals surface area contributed by atoms with Gasteiger partial charge < -0.3 is 4.90 Å². The molecule has 0 saturated carbocycles.